The summed E-state index contributed by atoms with van der Waals surface area (Å²) in [6.45, 7) is 2.30. The molecule has 0 aromatic heterocycles. The highest BCUT2D eigenvalue weighted by Gasteiger charge is 2.21. The molecule has 0 amide bonds. The SMILES string of the molecule is CCCC1CCC(c2ccc(-c3ccc(C#N)cc3)cc2)CC1. The van der Waals surface area contributed by atoms with Gasteiger partial charge in [0.25, 0.3) is 0 Å². The lowest BCUT2D eigenvalue weighted by Gasteiger charge is -2.28. The van der Waals surface area contributed by atoms with Crippen molar-refractivity contribution in [2.24, 2.45) is 5.92 Å². The number of nitrogens with zero attached hydrogens (tertiary/aromatic N) is 1. The summed E-state index contributed by atoms with van der Waals surface area (Å²) in [5.41, 5.74) is 4.63. The lowest BCUT2D eigenvalue weighted by Crippen LogP contribution is -2.13. The van der Waals surface area contributed by atoms with Crippen LogP contribution in [0.4, 0.5) is 0 Å². The van der Waals surface area contributed by atoms with Gasteiger partial charge < -0.3 is 0 Å². The van der Waals surface area contributed by atoms with Crippen LogP contribution < -0.4 is 0 Å². The molecular formula is C22H25N. The van der Waals surface area contributed by atoms with Gasteiger partial charge in [0.05, 0.1) is 11.6 Å². The molecule has 0 N–H and O–H groups in total. The maximum absolute atomic E-state index is 8.88. The van der Waals surface area contributed by atoms with Gasteiger partial charge in [-0.3, -0.25) is 0 Å². The van der Waals surface area contributed by atoms with Crippen molar-refractivity contribution in [2.75, 3.05) is 0 Å². The Bertz CT molecular complexity index is 653. The average molecular weight is 303 g/mol. The fourth-order valence-corrected chi connectivity index (χ4v) is 3.88. The fourth-order valence-electron chi connectivity index (χ4n) is 3.88. The second kappa shape index (κ2) is 7.47. The first-order valence-electron chi connectivity index (χ1n) is 8.90. The third-order valence-electron chi connectivity index (χ3n) is 5.27. The van der Waals surface area contributed by atoms with Crippen molar-refractivity contribution in [3.63, 3.8) is 0 Å². The normalized spacial score (nSPS) is 20.9. The van der Waals surface area contributed by atoms with Gasteiger partial charge in [0, 0.05) is 0 Å². The van der Waals surface area contributed by atoms with Crippen molar-refractivity contribution >= 4 is 0 Å². The maximum atomic E-state index is 8.88. The van der Waals surface area contributed by atoms with E-state index in [9.17, 15) is 0 Å². The largest absolute Gasteiger partial charge is 0.192 e. The molecule has 0 radical (unpaired) electrons. The van der Waals surface area contributed by atoms with E-state index >= 15 is 0 Å². The lowest BCUT2D eigenvalue weighted by molar-refractivity contribution is 0.308. The van der Waals surface area contributed by atoms with Crippen LogP contribution in [0.5, 0.6) is 0 Å². The molecule has 118 valence electrons. The molecule has 0 heterocycles. The van der Waals surface area contributed by atoms with E-state index in [4.69, 9.17) is 5.26 Å². The van der Waals surface area contributed by atoms with Crippen molar-refractivity contribution in [3.05, 3.63) is 59.7 Å². The molecule has 2 aromatic carbocycles. The fraction of sp³-hybridized carbons (Fsp3) is 0.409. The van der Waals surface area contributed by atoms with Crippen LogP contribution in [-0.4, -0.2) is 0 Å². The van der Waals surface area contributed by atoms with Gasteiger partial charge in [0.15, 0.2) is 0 Å². The van der Waals surface area contributed by atoms with Gasteiger partial charge >= 0.3 is 0 Å². The topological polar surface area (TPSA) is 23.8 Å². The second-order valence-electron chi connectivity index (χ2n) is 6.82. The highest BCUT2D eigenvalue weighted by molar-refractivity contribution is 5.64. The van der Waals surface area contributed by atoms with Crippen LogP contribution in [0.2, 0.25) is 0 Å². The van der Waals surface area contributed by atoms with E-state index in [1.807, 2.05) is 24.3 Å². The van der Waals surface area contributed by atoms with Gasteiger partial charge in [-0.15, -0.1) is 0 Å². The molecule has 1 heteroatoms. The predicted molar refractivity (Wildman–Crippen MR) is 96.2 cm³/mol. The molecule has 0 spiro atoms. The van der Waals surface area contributed by atoms with Crippen molar-refractivity contribution in [1.82, 2.24) is 0 Å². The van der Waals surface area contributed by atoms with E-state index in [-0.39, 0.29) is 0 Å². The summed E-state index contributed by atoms with van der Waals surface area (Å²) >= 11 is 0. The number of rotatable bonds is 4. The van der Waals surface area contributed by atoms with E-state index in [2.05, 4.69) is 37.3 Å². The average Bonchev–Trinajstić information content (AvgIpc) is 2.63. The van der Waals surface area contributed by atoms with E-state index in [0.29, 0.717) is 5.56 Å². The van der Waals surface area contributed by atoms with E-state index in [0.717, 1.165) is 11.8 Å². The number of benzene rings is 2. The van der Waals surface area contributed by atoms with E-state index < -0.39 is 0 Å². The van der Waals surface area contributed by atoms with Crippen molar-refractivity contribution in [2.45, 2.75) is 51.4 Å². The summed E-state index contributed by atoms with van der Waals surface area (Å²) in [4.78, 5) is 0. The van der Waals surface area contributed by atoms with Gasteiger partial charge in [-0.1, -0.05) is 56.2 Å². The quantitative estimate of drug-likeness (QED) is 0.650. The Morgan fingerprint density at radius 3 is 1.96 bits per heavy atom. The molecule has 2 aromatic rings. The Balaban J connectivity index is 1.66. The van der Waals surface area contributed by atoms with E-state index in [1.165, 1.54) is 55.2 Å². The molecule has 1 fully saturated rings. The molecule has 0 bridgehead atoms. The number of hydrogen-bond donors (Lipinski definition) is 0. The predicted octanol–water partition coefficient (Wildman–Crippen LogP) is 6.30. The Kier molecular flexibility index (Phi) is 5.13. The second-order valence-corrected chi connectivity index (χ2v) is 6.82. The van der Waals surface area contributed by atoms with E-state index in [1.54, 1.807) is 0 Å². The maximum Gasteiger partial charge on any atom is 0.0991 e. The van der Waals surface area contributed by atoms with Gasteiger partial charge in [-0.25, -0.2) is 0 Å². The minimum atomic E-state index is 0.717. The molecule has 0 saturated heterocycles. The summed E-state index contributed by atoms with van der Waals surface area (Å²) in [6.07, 6.45) is 8.23. The van der Waals surface area contributed by atoms with Crippen LogP contribution in [0.3, 0.4) is 0 Å². The molecule has 23 heavy (non-hydrogen) atoms. The van der Waals surface area contributed by atoms with Crippen LogP contribution in [0.15, 0.2) is 48.5 Å². The molecule has 1 nitrogen and oxygen atoms in total. The first-order valence-corrected chi connectivity index (χ1v) is 8.90. The standard InChI is InChI=1S/C22H25N/c1-2-3-17-4-8-19(9-5-17)21-12-14-22(15-13-21)20-10-6-18(16-23)7-11-20/h6-7,10-15,17,19H,2-5,8-9H2,1H3. The summed E-state index contributed by atoms with van der Waals surface area (Å²) in [5, 5.41) is 8.88. The first-order chi connectivity index (χ1) is 11.3. The molecule has 3 rings (SSSR count). The summed E-state index contributed by atoms with van der Waals surface area (Å²) in [5.74, 6) is 1.72. The Labute approximate surface area is 140 Å². The summed E-state index contributed by atoms with van der Waals surface area (Å²) < 4.78 is 0. The third kappa shape index (κ3) is 3.82. The van der Waals surface area contributed by atoms with Crippen molar-refractivity contribution < 1.29 is 0 Å². The smallest absolute Gasteiger partial charge is 0.0991 e. The summed E-state index contributed by atoms with van der Waals surface area (Å²) in [7, 11) is 0. The van der Waals surface area contributed by atoms with Crippen molar-refractivity contribution in [3.8, 4) is 17.2 Å². The van der Waals surface area contributed by atoms with Crippen LogP contribution in [0.1, 0.15) is 62.5 Å². The zero-order valence-corrected chi connectivity index (χ0v) is 14.0. The minimum absolute atomic E-state index is 0.717. The van der Waals surface area contributed by atoms with Gasteiger partial charge in [-0.05, 0) is 66.3 Å². The molecular weight excluding hydrogens is 278 g/mol. The molecule has 1 saturated carbocycles. The Morgan fingerprint density at radius 2 is 1.43 bits per heavy atom. The van der Waals surface area contributed by atoms with Gasteiger partial charge in [0.1, 0.15) is 0 Å². The van der Waals surface area contributed by atoms with Crippen LogP contribution >= 0.6 is 0 Å². The zero-order valence-electron chi connectivity index (χ0n) is 14.0. The molecule has 1 aliphatic carbocycles. The highest BCUT2D eigenvalue weighted by Crippen LogP contribution is 2.37. The molecule has 0 aliphatic heterocycles. The highest BCUT2D eigenvalue weighted by atomic mass is 14.3. The summed E-state index contributed by atoms with van der Waals surface area (Å²) in [6, 6.07) is 19.1. The first kappa shape index (κ1) is 15.8. The van der Waals surface area contributed by atoms with Crippen molar-refractivity contribution in [1.29, 1.82) is 5.26 Å². The van der Waals surface area contributed by atoms with Gasteiger partial charge in [-0.2, -0.15) is 5.26 Å². The number of hydrogen-bond acceptors (Lipinski definition) is 1. The molecule has 1 aliphatic rings. The molecule has 0 atom stereocenters. The monoisotopic (exact) mass is 303 g/mol. The molecule has 0 unspecified atom stereocenters. The van der Waals surface area contributed by atoms with Crippen LogP contribution in [-0.2, 0) is 0 Å². The Hall–Kier alpha value is -2.07. The van der Waals surface area contributed by atoms with Crippen LogP contribution in [0.25, 0.3) is 11.1 Å². The van der Waals surface area contributed by atoms with Crippen LogP contribution in [0, 0.1) is 17.2 Å². The third-order valence-corrected chi connectivity index (χ3v) is 5.27. The Morgan fingerprint density at radius 1 is 0.870 bits per heavy atom. The lowest BCUT2D eigenvalue weighted by atomic mass is 9.77. The number of nitriles is 1. The van der Waals surface area contributed by atoms with Gasteiger partial charge in [0.2, 0.25) is 0 Å². The minimum Gasteiger partial charge on any atom is -0.192 e. The zero-order chi connectivity index (χ0) is 16.1.